The number of fused-ring (bicyclic) bond motifs is 1. The molecule has 19 heavy (non-hydrogen) atoms. The van der Waals surface area contributed by atoms with Gasteiger partial charge in [0.1, 0.15) is 0 Å². The van der Waals surface area contributed by atoms with E-state index >= 15 is 0 Å². The minimum absolute atomic E-state index is 0.00483. The number of nitro groups is 1. The van der Waals surface area contributed by atoms with Crippen molar-refractivity contribution in [1.29, 1.82) is 0 Å². The molecule has 1 aliphatic heterocycles. The molecule has 0 fully saturated rings. The molecule has 102 valence electrons. The van der Waals surface area contributed by atoms with Crippen LogP contribution in [0, 0.1) is 16.0 Å². The molecule has 0 saturated heterocycles. The van der Waals surface area contributed by atoms with Crippen molar-refractivity contribution in [1.82, 2.24) is 0 Å². The first-order chi connectivity index (χ1) is 9.08. The smallest absolute Gasteiger partial charge is 0.271 e. The molecule has 1 aliphatic rings. The molecule has 5 heteroatoms. The Morgan fingerprint density at radius 2 is 2.11 bits per heavy atom. The Bertz CT molecular complexity index is 509. The van der Waals surface area contributed by atoms with Crippen LogP contribution in [-0.4, -0.2) is 17.4 Å². The lowest BCUT2D eigenvalue weighted by atomic mass is 10.0. The number of hydrogen-bond donors (Lipinski definition) is 0. The molecule has 0 spiro atoms. The number of benzene rings is 1. The minimum atomic E-state index is -0.418. The van der Waals surface area contributed by atoms with Crippen molar-refractivity contribution in [3.05, 3.63) is 33.9 Å². The molecule has 1 heterocycles. The Morgan fingerprint density at radius 3 is 2.68 bits per heavy atom. The van der Waals surface area contributed by atoms with Crippen LogP contribution >= 0.6 is 0 Å². The molecule has 1 aromatic carbocycles. The summed E-state index contributed by atoms with van der Waals surface area (Å²) in [6.07, 6.45) is 2.38. The molecule has 0 aromatic heterocycles. The van der Waals surface area contributed by atoms with Gasteiger partial charge in [0.15, 0.2) is 0 Å². The SMILES string of the molecule is CCC(CC)C(=O)N1CCc2ccc([N+](=O)[O-])cc21. The molecule has 0 radical (unpaired) electrons. The molecule has 1 aromatic rings. The number of carbonyl (C=O) groups excluding carboxylic acids is 1. The van der Waals surface area contributed by atoms with Gasteiger partial charge in [-0.15, -0.1) is 0 Å². The van der Waals surface area contributed by atoms with Gasteiger partial charge in [0.05, 0.1) is 10.6 Å². The van der Waals surface area contributed by atoms with Crippen LogP contribution in [0.1, 0.15) is 32.3 Å². The third-order valence-corrected chi connectivity index (χ3v) is 3.78. The molecule has 0 unspecified atom stereocenters. The maximum Gasteiger partial charge on any atom is 0.271 e. The van der Waals surface area contributed by atoms with E-state index in [2.05, 4.69) is 0 Å². The molecular weight excluding hydrogens is 244 g/mol. The number of amides is 1. The summed E-state index contributed by atoms with van der Waals surface area (Å²) in [5.41, 5.74) is 1.78. The Labute approximate surface area is 112 Å². The normalized spacial score (nSPS) is 13.7. The van der Waals surface area contributed by atoms with Crippen LogP contribution in [0.25, 0.3) is 0 Å². The minimum Gasteiger partial charge on any atom is -0.311 e. The van der Waals surface area contributed by atoms with E-state index in [1.54, 1.807) is 11.0 Å². The summed E-state index contributed by atoms with van der Waals surface area (Å²) in [4.78, 5) is 24.5. The zero-order valence-corrected chi connectivity index (χ0v) is 11.3. The van der Waals surface area contributed by atoms with Crippen LogP contribution in [0.4, 0.5) is 11.4 Å². The highest BCUT2D eigenvalue weighted by molar-refractivity contribution is 5.97. The lowest BCUT2D eigenvalue weighted by Gasteiger charge is -2.22. The highest BCUT2D eigenvalue weighted by atomic mass is 16.6. The molecule has 1 amide bonds. The maximum absolute atomic E-state index is 12.4. The van der Waals surface area contributed by atoms with Crippen molar-refractivity contribution in [2.24, 2.45) is 5.92 Å². The number of anilines is 1. The zero-order chi connectivity index (χ0) is 14.0. The molecule has 0 aliphatic carbocycles. The van der Waals surface area contributed by atoms with Gasteiger partial charge in [-0.25, -0.2) is 0 Å². The van der Waals surface area contributed by atoms with E-state index in [9.17, 15) is 14.9 Å². The van der Waals surface area contributed by atoms with Crippen LogP contribution in [-0.2, 0) is 11.2 Å². The topological polar surface area (TPSA) is 63.5 Å². The van der Waals surface area contributed by atoms with Crippen molar-refractivity contribution in [2.75, 3.05) is 11.4 Å². The van der Waals surface area contributed by atoms with E-state index in [0.29, 0.717) is 12.2 Å². The largest absolute Gasteiger partial charge is 0.311 e. The van der Waals surface area contributed by atoms with Crippen molar-refractivity contribution in [2.45, 2.75) is 33.1 Å². The van der Waals surface area contributed by atoms with Crippen LogP contribution in [0.3, 0.4) is 0 Å². The summed E-state index contributed by atoms with van der Waals surface area (Å²) in [5, 5.41) is 10.8. The Morgan fingerprint density at radius 1 is 1.42 bits per heavy atom. The molecule has 0 bridgehead atoms. The third-order valence-electron chi connectivity index (χ3n) is 3.78. The highest BCUT2D eigenvalue weighted by Crippen LogP contribution is 2.33. The molecule has 5 nitrogen and oxygen atoms in total. The predicted molar refractivity (Wildman–Crippen MR) is 73.2 cm³/mol. The van der Waals surface area contributed by atoms with Gasteiger partial charge in [0.25, 0.3) is 5.69 Å². The number of rotatable bonds is 4. The standard InChI is InChI=1S/C14H18N2O3/c1-3-10(4-2)14(17)15-8-7-11-5-6-12(16(18)19)9-13(11)15/h5-6,9-10H,3-4,7-8H2,1-2H3. The summed E-state index contributed by atoms with van der Waals surface area (Å²) in [6.45, 7) is 4.62. The number of hydrogen-bond acceptors (Lipinski definition) is 3. The van der Waals surface area contributed by atoms with E-state index in [4.69, 9.17) is 0 Å². The Hall–Kier alpha value is -1.91. The van der Waals surface area contributed by atoms with Gasteiger partial charge in [0, 0.05) is 24.6 Å². The average molecular weight is 262 g/mol. The number of non-ortho nitro benzene ring substituents is 1. The molecule has 0 N–H and O–H groups in total. The maximum atomic E-state index is 12.4. The van der Waals surface area contributed by atoms with Crippen LogP contribution in [0.2, 0.25) is 0 Å². The Balaban J connectivity index is 2.32. The molecule has 2 rings (SSSR count). The van der Waals surface area contributed by atoms with Crippen LogP contribution in [0.5, 0.6) is 0 Å². The van der Waals surface area contributed by atoms with Crippen molar-refractivity contribution in [3.8, 4) is 0 Å². The first-order valence-electron chi connectivity index (χ1n) is 6.67. The van der Waals surface area contributed by atoms with E-state index in [0.717, 1.165) is 24.8 Å². The van der Waals surface area contributed by atoms with Crippen molar-refractivity contribution < 1.29 is 9.72 Å². The van der Waals surface area contributed by atoms with E-state index in [1.165, 1.54) is 12.1 Å². The average Bonchev–Trinajstić information content (AvgIpc) is 2.82. The summed E-state index contributed by atoms with van der Waals surface area (Å²) in [6, 6.07) is 4.78. The Kier molecular flexibility index (Phi) is 3.83. The van der Waals surface area contributed by atoms with Gasteiger partial charge < -0.3 is 4.90 Å². The lowest BCUT2D eigenvalue weighted by molar-refractivity contribution is -0.384. The van der Waals surface area contributed by atoms with Gasteiger partial charge in [-0.05, 0) is 24.8 Å². The molecular formula is C14H18N2O3. The second-order valence-corrected chi connectivity index (χ2v) is 4.82. The quantitative estimate of drug-likeness (QED) is 0.619. The second-order valence-electron chi connectivity index (χ2n) is 4.82. The van der Waals surface area contributed by atoms with Gasteiger partial charge in [0.2, 0.25) is 5.91 Å². The number of nitrogens with zero attached hydrogens (tertiary/aromatic N) is 2. The van der Waals surface area contributed by atoms with Gasteiger partial charge >= 0.3 is 0 Å². The fourth-order valence-electron chi connectivity index (χ4n) is 2.57. The fourth-order valence-corrected chi connectivity index (χ4v) is 2.57. The number of carbonyl (C=O) groups is 1. The fraction of sp³-hybridized carbons (Fsp3) is 0.500. The van der Waals surface area contributed by atoms with Gasteiger partial charge in [-0.3, -0.25) is 14.9 Å². The van der Waals surface area contributed by atoms with Crippen molar-refractivity contribution >= 4 is 17.3 Å². The lowest BCUT2D eigenvalue weighted by Crippen LogP contribution is -2.34. The number of nitro benzene ring substituents is 1. The monoisotopic (exact) mass is 262 g/mol. The third kappa shape index (κ3) is 2.45. The summed E-state index contributed by atoms with van der Waals surface area (Å²) in [7, 11) is 0. The summed E-state index contributed by atoms with van der Waals surface area (Å²) in [5.74, 6) is 0.0921. The van der Waals surface area contributed by atoms with Crippen molar-refractivity contribution in [3.63, 3.8) is 0 Å². The first-order valence-corrected chi connectivity index (χ1v) is 6.67. The van der Waals surface area contributed by atoms with Crippen LogP contribution in [0.15, 0.2) is 18.2 Å². The van der Waals surface area contributed by atoms with E-state index < -0.39 is 4.92 Å². The summed E-state index contributed by atoms with van der Waals surface area (Å²) >= 11 is 0. The first kappa shape index (κ1) is 13.5. The summed E-state index contributed by atoms with van der Waals surface area (Å²) < 4.78 is 0. The van der Waals surface area contributed by atoms with E-state index in [1.807, 2.05) is 13.8 Å². The molecule has 0 atom stereocenters. The van der Waals surface area contributed by atoms with E-state index in [-0.39, 0.29) is 17.5 Å². The highest BCUT2D eigenvalue weighted by Gasteiger charge is 2.29. The van der Waals surface area contributed by atoms with Gasteiger partial charge in [-0.1, -0.05) is 19.9 Å². The second kappa shape index (κ2) is 5.38. The van der Waals surface area contributed by atoms with Gasteiger partial charge in [-0.2, -0.15) is 0 Å². The molecule has 0 saturated carbocycles. The zero-order valence-electron chi connectivity index (χ0n) is 11.3. The predicted octanol–water partition coefficient (Wildman–Crippen LogP) is 2.92. The van der Waals surface area contributed by atoms with Crippen LogP contribution < -0.4 is 4.90 Å².